The summed E-state index contributed by atoms with van der Waals surface area (Å²) in [5.74, 6) is 0.392. The van der Waals surface area contributed by atoms with Crippen LogP contribution in [0.15, 0.2) is 18.5 Å². The molecule has 3 rings (SSSR count). The van der Waals surface area contributed by atoms with Gasteiger partial charge in [-0.3, -0.25) is 9.69 Å². The second kappa shape index (κ2) is 6.51. The summed E-state index contributed by atoms with van der Waals surface area (Å²) in [5, 5.41) is 16.5. The molecule has 1 aromatic heterocycles. The molecule has 23 heavy (non-hydrogen) atoms. The summed E-state index contributed by atoms with van der Waals surface area (Å²) in [7, 11) is 0. The number of nitrogens with one attached hydrogen (secondary N) is 2. The predicted octanol–water partition coefficient (Wildman–Crippen LogP) is -0.331. The quantitative estimate of drug-likeness (QED) is 0.688. The first-order valence-electron chi connectivity index (χ1n) is 8.26. The van der Waals surface area contributed by atoms with E-state index >= 15 is 0 Å². The number of aromatic nitrogens is 2. The Labute approximate surface area is 136 Å². The van der Waals surface area contributed by atoms with Crippen LogP contribution < -0.4 is 10.6 Å². The Hall–Kier alpha value is -1.57. The molecule has 0 aliphatic carbocycles. The minimum Gasteiger partial charge on any atom is -0.391 e. The summed E-state index contributed by atoms with van der Waals surface area (Å²) in [6.07, 6.45) is 4.88. The Balaban J connectivity index is 1.61. The molecule has 2 saturated heterocycles. The molecule has 2 aliphatic rings. The molecular formula is C16H25N5O2. The lowest BCUT2D eigenvalue weighted by Gasteiger charge is -2.57. The molecule has 1 aromatic rings. The molecule has 0 saturated carbocycles. The van der Waals surface area contributed by atoms with Crippen molar-refractivity contribution in [1.82, 2.24) is 25.5 Å². The summed E-state index contributed by atoms with van der Waals surface area (Å²) in [6.45, 7) is 5.91. The highest BCUT2D eigenvalue weighted by Crippen LogP contribution is 2.38. The van der Waals surface area contributed by atoms with Crippen LogP contribution in [0, 0.1) is 0 Å². The zero-order valence-corrected chi connectivity index (χ0v) is 13.7. The van der Waals surface area contributed by atoms with Crippen LogP contribution in [0.3, 0.4) is 0 Å². The second-order valence-corrected chi connectivity index (χ2v) is 6.60. The molecule has 7 heteroatoms. The van der Waals surface area contributed by atoms with E-state index in [9.17, 15) is 9.90 Å². The topological polar surface area (TPSA) is 90.4 Å². The Bertz CT molecular complexity index is 545. The molecule has 1 spiro atoms. The third-order valence-corrected chi connectivity index (χ3v) is 5.16. The van der Waals surface area contributed by atoms with Crippen molar-refractivity contribution in [2.45, 2.75) is 57.0 Å². The number of carbonyl (C=O) groups excluding carboxylic acids is 1. The van der Waals surface area contributed by atoms with Gasteiger partial charge in [-0.2, -0.15) is 0 Å². The van der Waals surface area contributed by atoms with Crippen molar-refractivity contribution in [3.05, 3.63) is 24.3 Å². The number of amides is 1. The van der Waals surface area contributed by atoms with Gasteiger partial charge >= 0.3 is 0 Å². The number of aliphatic hydroxyl groups is 1. The van der Waals surface area contributed by atoms with E-state index in [1.165, 1.54) is 6.42 Å². The zero-order chi connectivity index (χ0) is 16.4. The standard InChI is InChI=1S/C16H25N5O2/c1-11(22)14(15(23)19-9-13-17-6-4-7-18-13)21-10-16(12(21)2)5-3-8-20-16/h4,6-7,11-12,14,20,22H,3,5,8-10H2,1-2H3,(H,19,23)/t11-,12?,14?,16?/m1/s1. The van der Waals surface area contributed by atoms with Crippen molar-refractivity contribution in [2.24, 2.45) is 0 Å². The predicted molar refractivity (Wildman–Crippen MR) is 85.5 cm³/mol. The lowest BCUT2D eigenvalue weighted by molar-refractivity contribution is -0.142. The molecule has 7 nitrogen and oxygen atoms in total. The van der Waals surface area contributed by atoms with Gasteiger partial charge in [-0.15, -0.1) is 0 Å². The van der Waals surface area contributed by atoms with E-state index in [1.807, 2.05) is 0 Å². The molecule has 1 amide bonds. The molecule has 0 radical (unpaired) electrons. The minimum atomic E-state index is -0.729. The molecule has 2 aliphatic heterocycles. The Morgan fingerprint density at radius 3 is 2.87 bits per heavy atom. The molecule has 3 unspecified atom stereocenters. The van der Waals surface area contributed by atoms with Crippen LogP contribution in [-0.4, -0.2) is 62.7 Å². The van der Waals surface area contributed by atoms with Crippen molar-refractivity contribution in [3.63, 3.8) is 0 Å². The van der Waals surface area contributed by atoms with E-state index in [2.05, 4.69) is 32.4 Å². The molecule has 3 heterocycles. The van der Waals surface area contributed by atoms with Crippen molar-refractivity contribution >= 4 is 5.91 Å². The van der Waals surface area contributed by atoms with E-state index < -0.39 is 12.1 Å². The summed E-state index contributed by atoms with van der Waals surface area (Å²) in [6, 6.07) is 1.43. The maximum atomic E-state index is 12.6. The highest BCUT2D eigenvalue weighted by atomic mass is 16.3. The molecular weight excluding hydrogens is 294 g/mol. The molecule has 0 aromatic carbocycles. The van der Waals surface area contributed by atoms with E-state index in [0.717, 1.165) is 19.5 Å². The maximum absolute atomic E-state index is 12.6. The van der Waals surface area contributed by atoms with Crippen molar-refractivity contribution < 1.29 is 9.90 Å². The van der Waals surface area contributed by atoms with Gasteiger partial charge in [-0.25, -0.2) is 9.97 Å². The van der Waals surface area contributed by atoms with Crippen LogP contribution in [0.1, 0.15) is 32.5 Å². The van der Waals surface area contributed by atoms with Crippen LogP contribution in [0.4, 0.5) is 0 Å². The van der Waals surface area contributed by atoms with Crippen LogP contribution in [0.2, 0.25) is 0 Å². The van der Waals surface area contributed by atoms with Crippen LogP contribution >= 0.6 is 0 Å². The van der Waals surface area contributed by atoms with Crippen molar-refractivity contribution in [2.75, 3.05) is 13.1 Å². The molecule has 4 atom stereocenters. The Morgan fingerprint density at radius 1 is 1.57 bits per heavy atom. The number of hydrogen-bond acceptors (Lipinski definition) is 6. The molecule has 126 valence electrons. The summed E-state index contributed by atoms with van der Waals surface area (Å²) < 4.78 is 0. The van der Waals surface area contributed by atoms with Crippen LogP contribution in [0.5, 0.6) is 0 Å². The number of hydrogen-bond donors (Lipinski definition) is 3. The van der Waals surface area contributed by atoms with Crippen molar-refractivity contribution in [1.29, 1.82) is 0 Å². The minimum absolute atomic E-state index is 0.121. The molecule has 3 N–H and O–H groups in total. The summed E-state index contributed by atoms with van der Waals surface area (Å²) in [4.78, 5) is 22.8. The van der Waals surface area contributed by atoms with Crippen LogP contribution in [0.25, 0.3) is 0 Å². The van der Waals surface area contributed by atoms with E-state index in [4.69, 9.17) is 0 Å². The van der Waals surface area contributed by atoms with Gasteiger partial charge in [-0.05, 0) is 39.3 Å². The first-order chi connectivity index (χ1) is 11.0. The Morgan fingerprint density at radius 2 is 2.30 bits per heavy atom. The number of rotatable bonds is 5. The average molecular weight is 319 g/mol. The third-order valence-electron chi connectivity index (χ3n) is 5.16. The SMILES string of the molecule is CC1N(C(C(=O)NCc2ncccn2)[C@@H](C)O)CC12CCCN2. The largest absolute Gasteiger partial charge is 0.391 e. The molecule has 2 fully saturated rings. The number of carbonyl (C=O) groups is 1. The van der Waals surface area contributed by atoms with Gasteiger partial charge in [0.2, 0.25) is 5.91 Å². The van der Waals surface area contributed by atoms with Crippen LogP contribution in [-0.2, 0) is 11.3 Å². The maximum Gasteiger partial charge on any atom is 0.240 e. The number of likely N-dealkylation sites (tertiary alicyclic amines) is 1. The van der Waals surface area contributed by atoms with Gasteiger partial charge in [0.15, 0.2) is 0 Å². The highest BCUT2D eigenvalue weighted by Gasteiger charge is 2.55. The van der Waals surface area contributed by atoms with E-state index in [-0.39, 0.29) is 24.0 Å². The van der Waals surface area contributed by atoms with Gasteiger partial charge in [-0.1, -0.05) is 0 Å². The summed E-state index contributed by atoms with van der Waals surface area (Å²) in [5.41, 5.74) is 0.121. The van der Waals surface area contributed by atoms with Gasteiger partial charge in [0.1, 0.15) is 11.9 Å². The first kappa shape index (κ1) is 16.3. The second-order valence-electron chi connectivity index (χ2n) is 6.60. The van der Waals surface area contributed by atoms with Gasteiger partial charge in [0.25, 0.3) is 0 Å². The van der Waals surface area contributed by atoms with E-state index in [1.54, 1.807) is 25.4 Å². The number of aliphatic hydroxyl groups excluding tert-OH is 1. The molecule has 0 bridgehead atoms. The lowest BCUT2D eigenvalue weighted by atomic mass is 9.78. The highest BCUT2D eigenvalue weighted by molar-refractivity contribution is 5.82. The summed E-state index contributed by atoms with van der Waals surface area (Å²) >= 11 is 0. The monoisotopic (exact) mass is 319 g/mol. The smallest absolute Gasteiger partial charge is 0.240 e. The fourth-order valence-corrected chi connectivity index (χ4v) is 3.80. The van der Waals surface area contributed by atoms with Gasteiger partial charge < -0.3 is 15.7 Å². The van der Waals surface area contributed by atoms with Crippen molar-refractivity contribution in [3.8, 4) is 0 Å². The number of nitrogens with zero attached hydrogens (tertiary/aromatic N) is 3. The fourth-order valence-electron chi connectivity index (χ4n) is 3.80. The third kappa shape index (κ3) is 3.08. The lowest BCUT2D eigenvalue weighted by Crippen LogP contribution is -2.77. The fraction of sp³-hybridized carbons (Fsp3) is 0.688. The van der Waals surface area contributed by atoms with Gasteiger partial charge in [0, 0.05) is 30.5 Å². The normalized spacial score (nSPS) is 30.0. The first-order valence-corrected chi connectivity index (χ1v) is 8.26. The van der Waals surface area contributed by atoms with E-state index in [0.29, 0.717) is 5.82 Å². The Kier molecular flexibility index (Phi) is 4.61. The average Bonchev–Trinajstić information content (AvgIpc) is 3.04. The zero-order valence-electron chi connectivity index (χ0n) is 13.7. The van der Waals surface area contributed by atoms with Gasteiger partial charge in [0.05, 0.1) is 12.6 Å².